The molecule has 1 aromatic carbocycles. The Morgan fingerprint density at radius 1 is 1.27 bits per heavy atom. The smallest absolute Gasteiger partial charge is 0.176 e. The number of nitrogens with zero attached hydrogens (tertiary/aromatic N) is 1. The average molecular weight is 205 g/mol. The van der Waals surface area contributed by atoms with Crippen LogP contribution in [-0.2, 0) is 6.54 Å². The molecule has 0 aliphatic rings. The molecule has 0 aliphatic heterocycles. The number of aryl methyl sites for hydroxylation is 1. The molecule has 0 spiro atoms. The third kappa shape index (κ3) is 2.06. The van der Waals surface area contributed by atoms with E-state index in [9.17, 15) is 4.39 Å². The molecule has 2 N–H and O–H groups in total. The molecule has 0 fully saturated rings. The van der Waals surface area contributed by atoms with E-state index in [1.807, 2.05) is 41.2 Å². The summed E-state index contributed by atoms with van der Waals surface area (Å²) in [6.07, 6.45) is 4.49. The predicted molar refractivity (Wildman–Crippen MR) is 59.1 cm³/mol. The second-order valence-electron chi connectivity index (χ2n) is 3.58. The Kier molecular flexibility index (Phi) is 2.81. The minimum Gasteiger partial charge on any atom is -0.398 e. The fourth-order valence-corrected chi connectivity index (χ4v) is 1.68. The van der Waals surface area contributed by atoms with Crippen molar-refractivity contribution in [2.45, 2.75) is 13.0 Å². The van der Waals surface area contributed by atoms with Gasteiger partial charge in [0, 0.05) is 28.9 Å². The maximum absolute atomic E-state index is 12.0. The summed E-state index contributed by atoms with van der Waals surface area (Å²) in [6.45, 7) is 0.434. The van der Waals surface area contributed by atoms with Gasteiger partial charge in [-0.2, -0.15) is 0 Å². The molecular formula is C12H14FN2+. The van der Waals surface area contributed by atoms with Gasteiger partial charge in [0.1, 0.15) is 0 Å². The van der Waals surface area contributed by atoms with Gasteiger partial charge in [-0.1, -0.05) is 6.07 Å². The molecule has 0 bridgehead atoms. The second kappa shape index (κ2) is 4.26. The van der Waals surface area contributed by atoms with Gasteiger partial charge in [-0.3, -0.25) is 4.39 Å². The molecule has 15 heavy (non-hydrogen) atoms. The van der Waals surface area contributed by atoms with E-state index in [-0.39, 0.29) is 6.67 Å². The highest BCUT2D eigenvalue weighted by molar-refractivity contribution is 5.91. The van der Waals surface area contributed by atoms with Gasteiger partial charge in [-0.15, -0.1) is 0 Å². The normalized spacial score (nSPS) is 10.7. The topological polar surface area (TPSA) is 29.9 Å². The lowest BCUT2D eigenvalue weighted by Crippen LogP contribution is -2.32. The molecule has 0 aliphatic carbocycles. The molecule has 0 radical (unpaired) electrons. The summed E-state index contributed by atoms with van der Waals surface area (Å²) < 4.78 is 14.0. The SMILES string of the molecule is Nc1cccc2c[n+](CCCF)ccc12. The van der Waals surface area contributed by atoms with Crippen molar-refractivity contribution in [2.75, 3.05) is 12.4 Å². The van der Waals surface area contributed by atoms with Crippen molar-refractivity contribution in [1.29, 1.82) is 0 Å². The lowest BCUT2D eigenvalue weighted by Gasteiger charge is -2.00. The molecule has 2 aromatic rings. The van der Waals surface area contributed by atoms with Crippen LogP contribution in [-0.4, -0.2) is 6.67 Å². The first-order valence-electron chi connectivity index (χ1n) is 5.04. The second-order valence-corrected chi connectivity index (χ2v) is 3.58. The van der Waals surface area contributed by atoms with Crippen LogP contribution in [0.1, 0.15) is 6.42 Å². The molecule has 0 unspecified atom stereocenters. The maximum Gasteiger partial charge on any atom is 0.176 e. The largest absolute Gasteiger partial charge is 0.398 e. The molecule has 2 nitrogen and oxygen atoms in total. The predicted octanol–water partition coefficient (Wildman–Crippen LogP) is 2.07. The highest BCUT2D eigenvalue weighted by atomic mass is 19.1. The number of nitrogen functional groups attached to an aromatic ring is 1. The molecular weight excluding hydrogens is 191 g/mol. The molecule has 0 saturated carbocycles. The van der Waals surface area contributed by atoms with Crippen LogP contribution in [0.5, 0.6) is 0 Å². The van der Waals surface area contributed by atoms with E-state index in [0.717, 1.165) is 16.5 Å². The van der Waals surface area contributed by atoms with Crippen molar-refractivity contribution in [3.05, 3.63) is 36.7 Å². The molecule has 1 aromatic heterocycles. The first-order valence-corrected chi connectivity index (χ1v) is 5.04. The number of fused-ring (bicyclic) bond motifs is 1. The highest BCUT2D eigenvalue weighted by Crippen LogP contribution is 2.18. The summed E-state index contributed by atoms with van der Waals surface area (Å²) in [7, 11) is 0. The van der Waals surface area contributed by atoms with Crippen LogP contribution in [0.3, 0.4) is 0 Å². The van der Waals surface area contributed by atoms with Crippen LogP contribution < -0.4 is 10.3 Å². The lowest BCUT2D eigenvalue weighted by atomic mass is 10.1. The zero-order chi connectivity index (χ0) is 10.7. The first-order chi connectivity index (χ1) is 7.31. The van der Waals surface area contributed by atoms with Crippen LogP contribution in [0.2, 0.25) is 0 Å². The Morgan fingerprint density at radius 3 is 2.93 bits per heavy atom. The van der Waals surface area contributed by atoms with Gasteiger partial charge in [0.2, 0.25) is 0 Å². The Morgan fingerprint density at radius 2 is 2.13 bits per heavy atom. The minimum atomic E-state index is -0.276. The number of pyridine rings is 1. The van der Waals surface area contributed by atoms with Crippen LogP contribution in [0.4, 0.5) is 10.1 Å². The van der Waals surface area contributed by atoms with Gasteiger partial charge in [0.25, 0.3) is 0 Å². The third-order valence-corrected chi connectivity index (χ3v) is 2.46. The number of hydrogen-bond donors (Lipinski definition) is 1. The zero-order valence-corrected chi connectivity index (χ0v) is 8.49. The number of benzene rings is 1. The fraction of sp³-hybridized carbons (Fsp3) is 0.250. The first kappa shape index (κ1) is 9.90. The molecule has 2 rings (SSSR count). The Labute approximate surface area is 88.1 Å². The van der Waals surface area contributed by atoms with E-state index in [0.29, 0.717) is 13.0 Å². The molecule has 0 saturated heterocycles. The van der Waals surface area contributed by atoms with Crippen molar-refractivity contribution < 1.29 is 8.96 Å². The van der Waals surface area contributed by atoms with Crippen molar-refractivity contribution in [1.82, 2.24) is 0 Å². The van der Waals surface area contributed by atoms with E-state index >= 15 is 0 Å². The van der Waals surface area contributed by atoms with E-state index < -0.39 is 0 Å². The number of aromatic nitrogens is 1. The van der Waals surface area contributed by atoms with Gasteiger partial charge in [-0.05, 0) is 12.1 Å². The standard InChI is InChI=1S/C12H14FN2/c13-6-2-7-15-8-5-11-10(9-15)3-1-4-12(11)14/h1,3-5,8-9H,2,6-7,14H2/q+1. The summed E-state index contributed by atoms with van der Waals surface area (Å²) >= 11 is 0. The third-order valence-electron chi connectivity index (χ3n) is 2.46. The van der Waals surface area contributed by atoms with E-state index in [2.05, 4.69) is 0 Å². The van der Waals surface area contributed by atoms with Crippen molar-refractivity contribution >= 4 is 16.5 Å². The molecule has 3 heteroatoms. The lowest BCUT2D eigenvalue weighted by molar-refractivity contribution is -0.696. The van der Waals surface area contributed by atoms with Crippen molar-refractivity contribution in [3.8, 4) is 0 Å². The van der Waals surface area contributed by atoms with Crippen LogP contribution in [0.25, 0.3) is 10.8 Å². The highest BCUT2D eigenvalue weighted by Gasteiger charge is 2.04. The monoisotopic (exact) mass is 205 g/mol. The van der Waals surface area contributed by atoms with Gasteiger partial charge >= 0.3 is 0 Å². The number of rotatable bonds is 3. The zero-order valence-electron chi connectivity index (χ0n) is 8.49. The fourth-order valence-electron chi connectivity index (χ4n) is 1.68. The number of anilines is 1. The van der Waals surface area contributed by atoms with E-state index in [1.54, 1.807) is 0 Å². The number of alkyl halides is 1. The van der Waals surface area contributed by atoms with Crippen LogP contribution in [0.15, 0.2) is 36.7 Å². The number of hydrogen-bond acceptors (Lipinski definition) is 1. The molecule has 1 heterocycles. The van der Waals surface area contributed by atoms with Crippen LogP contribution >= 0.6 is 0 Å². The average Bonchev–Trinajstić information content (AvgIpc) is 2.26. The Hall–Kier alpha value is -1.64. The summed E-state index contributed by atoms with van der Waals surface area (Å²) in [5, 5.41) is 2.14. The minimum absolute atomic E-state index is 0.276. The number of nitrogens with two attached hydrogens (primary N) is 1. The summed E-state index contributed by atoms with van der Waals surface area (Å²) in [6, 6.07) is 7.80. The van der Waals surface area contributed by atoms with E-state index in [1.165, 1.54) is 0 Å². The Bertz CT molecular complexity index is 468. The van der Waals surface area contributed by atoms with Crippen molar-refractivity contribution in [3.63, 3.8) is 0 Å². The molecule has 78 valence electrons. The van der Waals surface area contributed by atoms with Crippen molar-refractivity contribution in [2.24, 2.45) is 0 Å². The van der Waals surface area contributed by atoms with E-state index in [4.69, 9.17) is 5.73 Å². The number of halogens is 1. The van der Waals surface area contributed by atoms with Crippen LogP contribution in [0, 0.1) is 0 Å². The summed E-state index contributed by atoms with van der Waals surface area (Å²) in [5.74, 6) is 0. The Balaban J connectivity index is 2.39. The van der Waals surface area contributed by atoms with Gasteiger partial charge < -0.3 is 5.73 Å². The van der Waals surface area contributed by atoms with Gasteiger partial charge in [0.15, 0.2) is 18.9 Å². The van der Waals surface area contributed by atoms with Gasteiger partial charge in [0.05, 0.1) is 6.67 Å². The quantitative estimate of drug-likeness (QED) is 0.603. The summed E-state index contributed by atoms with van der Waals surface area (Å²) in [4.78, 5) is 0. The molecule has 0 atom stereocenters. The molecule has 0 amide bonds. The summed E-state index contributed by atoms with van der Waals surface area (Å²) in [5.41, 5.74) is 6.62. The maximum atomic E-state index is 12.0. The van der Waals surface area contributed by atoms with Gasteiger partial charge in [-0.25, -0.2) is 4.57 Å².